The molecule has 0 atom stereocenters. The molecule has 0 aliphatic heterocycles. The highest BCUT2D eigenvalue weighted by atomic mass is 32.2. The standard InChI is InChI=1S/C24H26N4O4S/c29-23(18-6-2-1-3-7-18)27-28-24(30)19-13-11-17(12-14-19)16-26-33(31,32)22-10-4-9-21-20(22)8-5-15-25-21/h1-10,15,17,19,26H,11-14,16H2,(H,27,29)(H,28,30). The average Bonchev–Trinajstić information content (AvgIpc) is 2.86. The SMILES string of the molecule is O=C(NNC(=O)C1CCC(CNS(=O)(=O)c2cccc3ncccc23)CC1)c1ccccc1. The molecule has 4 rings (SSSR count). The minimum absolute atomic E-state index is 0.149. The van der Waals surface area contributed by atoms with Crippen molar-refractivity contribution in [3.63, 3.8) is 0 Å². The van der Waals surface area contributed by atoms with Gasteiger partial charge in [-0.2, -0.15) is 0 Å². The number of sulfonamides is 1. The lowest BCUT2D eigenvalue weighted by molar-refractivity contribution is -0.127. The van der Waals surface area contributed by atoms with E-state index in [0.717, 1.165) is 12.8 Å². The number of benzene rings is 2. The minimum Gasteiger partial charge on any atom is -0.273 e. The molecule has 0 bridgehead atoms. The first-order chi connectivity index (χ1) is 15.9. The molecule has 3 aromatic rings. The molecule has 8 nitrogen and oxygen atoms in total. The number of aromatic nitrogens is 1. The highest BCUT2D eigenvalue weighted by Gasteiger charge is 2.28. The van der Waals surface area contributed by atoms with Crippen molar-refractivity contribution >= 4 is 32.7 Å². The van der Waals surface area contributed by atoms with Crippen molar-refractivity contribution < 1.29 is 18.0 Å². The van der Waals surface area contributed by atoms with Crippen molar-refractivity contribution in [3.8, 4) is 0 Å². The third-order valence-corrected chi connectivity index (χ3v) is 7.49. The fourth-order valence-electron chi connectivity index (χ4n) is 4.13. The summed E-state index contributed by atoms with van der Waals surface area (Å²) in [7, 11) is -3.68. The second kappa shape index (κ2) is 10.1. The van der Waals surface area contributed by atoms with Crippen molar-refractivity contribution in [1.82, 2.24) is 20.6 Å². The van der Waals surface area contributed by atoms with Gasteiger partial charge in [-0.05, 0) is 68.0 Å². The largest absolute Gasteiger partial charge is 0.273 e. The van der Waals surface area contributed by atoms with Gasteiger partial charge in [0.2, 0.25) is 15.9 Å². The van der Waals surface area contributed by atoms with Gasteiger partial charge in [0.15, 0.2) is 0 Å². The van der Waals surface area contributed by atoms with Gasteiger partial charge in [-0.25, -0.2) is 13.1 Å². The third-order valence-electron chi connectivity index (χ3n) is 6.01. The summed E-state index contributed by atoms with van der Waals surface area (Å²) in [4.78, 5) is 28.9. The van der Waals surface area contributed by atoms with Crippen LogP contribution in [0.1, 0.15) is 36.0 Å². The van der Waals surface area contributed by atoms with Crippen molar-refractivity contribution in [2.24, 2.45) is 11.8 Å². The molecule has 1 heterocycles. The highest BCUT2D eigenvalue weighted by Crippen LogP contribution is 2.29. The van der Waals surface area contributed by atoms with Crippen LogP contribution in [0.3, 0.4) is 0 Å². The van der Waals surface area contributed by atoms with Crippen LogP contribution in [0.2, 0.25) is 0 Å². The van der Waals surface area contributed by atoms with Crippen LogP contribution in [0.15, 0.2) is 71.8 Å². The molecule has 0 unspecified atom stereocenters. The molecule has 172 valence electrons. The summed E-state index contributed by atoms with van der Waals surface area (Å²) < 4.78 is 28.5. The Bertz CT molecular complexity index is 1230. The van der Waals surface area contributed by atoms with Gasteiger partial charge >= 0.3 is 0 Å². The van der Waals surface area contributed by atoms with E-state index in [1.165, 1.54) is 0 Å². The fraction of sp³-hybridized carbons (Fsp3) is 0.292. The lowest BCUT2D eigenvalue weighted by Crippen LogP contribution is -2.45. The number of carbonyl (C=O) groups excluding carboxylic acids is 2. The lowest BCUT2D eigenvalue weighted by Gasteiger charge is -2.27. The van der Waals surface area contributed by atoms with Crippen LogP contribution in [0.4, 0.5) is 0 Å². The van der Waals surface area contributed by atoms with Crippen molar-refractivity contribution in [2.45, 2.75) is 30.6 Å². The van der Waals surface area contributed by atoms with Crippen LogP contribution < -0.4 is 15.6 Å². The number of carbonyl (C=O) groups is 2. The van der Waals surface area contributed by atoms with Gasteiger partial charge < -0.3 is 0 Å². The molecule has 1 fully saturated rings. The smallest absolute Gasteiger partial charge is 0.269 e. The summed E-state index contributed by atoms with van der Waals surface area (Å²) in [5.41, 5.74) is 6.05. The van der Waals surface area contributed by atoms with Crippen molar-refractivity contribution in [3.05, 3.63) is 72.4 Å². The van der Waals surface area contributed by atoms with Crippen LogP contribution in [0.5, 0.6) is 0 Å². The van der Waals surface area contributed by atoms with Gasteiger partial charge in [-0.15, -0.1) is 0 Å². The highest BCUT2D eigenvalue weighted by molar-refractivity contribution is 7.89. The summed E-state index contributed by atoms with van der Waals surface area (Å²) in [6, 6.07) is 17.2. The zero-order chi connectivity index (χ0) is 23.3. The van der Waals surface area contributed by atoms with Crippen molar-refractivity contribution in [2.75, 3.05) is 6.54 Å². The van der Waals surface area contributed by atoms with Crippen LogP contribution in [-0.2, 0) is 14.8 Å². The number of hydrogen-bond donors (Lipinski definition) is 3. The van der Waals surface area contributed by atoms with Gasteiger partial charge in [-0.3, -0.25) is 25.4 Å². The van der Waals surface area contributed by atoms with Crippen LogP contribution >= 0.6 is 0 Å². The minimum atomic E-state index is -3.68. The van der Waals surface area contributed by atoms with Gasteiger partial charge in [-0.1, -0.05) is 24.3 Å². The predicted molar refractivity (Wildman–Crippen MR) is 124 cm³/mol. The van der Waals surface area contributed by atoms with E-state index in [1.807, 2.05) is 6.07 Å². The maximum absolute atomic E-state index is 12.9. The van der Waals surface area contributed by atoms with E-state index in [-0.39, 0.29) is 28.5 Å². The third kappa shape index (κ3) is 5.55. The second-order valence-electron chi connectivity index (χ2n) is 8.21. The molecular formula is C24H26N4O4S. The normalized spacial score (nSPS) is 18.5. The topological polar surface area (TPSA) is 117 Å². The molecule has 1 aliphatic rings. The van der Waals surface area contributed by atoms with Crippen LogP contribution in [0.25, 0.3) is 10.9 Å². The number of amides is 2. The van der Waals surface area contributed by atoms with E-state index < -0.39 is 10.0 Å². The van der Waals surface area contributed by atoms with Crippen LogP contribution in [0, 0.1) is 11.8 Å². The van der Waals surface area contributed by atoms with Gasteiger partial charge in [0.05, 0.1) is 10.4 Å². The summed E-state index contributed by atoms with van der Waals surface area (Å²) in [6.07, 6.45) is 4.36. The molecule has 33 heavy (non-hydrogen) atoms. The van der Waals surface area contributed by atoms with E-state index in [1.54, 1.807) is 60.8 Å². The molecule has 3 N–H and O–H groups in total. The van der Waals surface area contributed by atoms with Gasteiger partial charge in [0.25, 0.3) is 5.91 Å². The molecule has 1 aromatic heterocycles. The number of hydrazine groups is 1. The summed E-state index contributed by atoms with van der Waals surface area (Å²) in [5.74, 6) is -0.647. The van der Waals surface area contributed by atoms with Gasteiger partial charge in [0, 0.05) is 29.6 Å². The summed E-state index contributed by atoms with van der Waals surface area (Å²) in [6.45, 7) is 0.318. The molecule has 9 heteroatoms. The van der Waals surface area contributed by atoms with E-state index >= 15 is 0 Å². The average molecular weight is 467 g/mol. The Morgan fingerprint density at radius 2 is 1.64 bits per heavy atom. The number of nitrogens with zero attached hydrogens (tertiary/aromatic N) is 1. The maximum atomic E-state index is 12.9. The Balaban J connectivity index is 1.26. The molecule has 1 aliphatic carbocycles. The zero-order valence-electron chi connectivity index (χ0n) is 18.0. The quantitative estimate of drug-likeness (QED) is 0.483. The summed E-state index contributed by atoms with van der Waals surface area (Å²) >= 11 is 0. The lowest BCUT2D eigenvalue weighted by atomic mass is 9.82. The predicted octanol–water partition coefficient (Wildman–Crippen LogP) is 2.78. The Kier molecular flexibility index (Phi) is 7.00. The fourth-order valence-corrected chi connectivity index (χ4v) is 5.46. The number of hydrogen-bond acceptors (Lipinski definition) is 5. The Morgan fingerprint density at radius 3 is 2.39 bits per heavy atom. The van der Waals surface area contributed by atoms with E-state index in [9.17, 15) is 18.0 Å². The van der Waals surface area contributed by atoms with Crippen molar-refractivity contribution in [1.29, 1.82) is 0 Å². The molecule has 2 amide bonds. The first-order valence-electron chi connectivity index (χ1n) is 10.9. The zero-order valence-corrected chi connectivity index (χ0v) is 18.8. The number of fused-ring (bicyclic) bond motifs is 1. The number of pyridine rings is 1. The Morgan fingerprint density at radius 1 is 0.879 bits per heavy atom. The van der Waals surface area contributed by atoms with E-state index in [4.69, 9.17) is 0 Å². The van der Waals surface area contributed by atoms with Gasteiger partial charge in [0.1, 0.15) is 0 Å². The molecule has 0 radical (unpaired) electrons. The molecular weight excluding hydrogens is 440 g/mol. The Labute approximate surface area is 192 Å². The second-order valence-corrected chi connectivity index (χ2v) is 9.94. The van der Waals surface area contributed by atoms with Crippen LogP contribution in [-0.4, -0.2) is 31.8 Å². The molecule has 0 spiro atoms. The number of rotatable bonds is 6. The molecule has 1 saturated carbocycles. The van der Waals surface area contributed by atoms with E-state index in [0.29, 0.717) is 35.9 Å². The number of nitrogens with one attached hydrogen (secondary N) is 3. The Hall–Kier alpha value is -3.30. The molecule has 0 saturated heterocycles. The maximum Gasteiger partial charge on any atom is 0.269 e. The van der Waals surface area contributed by atoms with E-state index in [2.05, 4.69) is 20.6 Å². The monoisotopic (exact) mass is 466 g/mol. The first-order valence-corrected chi connectivity index (χ1v) is 12.4. The molecule has 2 aromatic carbocycles. The summed E-state index contributed by atoms with van der Waals surface area (Å²) in [5, 5.41) is 0.588. The first kappa shape index (κ1) is 22.9.